The Morgan fingerprint density at radius 3 is 1.67 bits per heavy atom. The molecule has 0 aliphatic heterocycles. The van der Waals surface area contributed by atoms with E-state index >= 15 is 0 Å². The van der Waals surface area contributed by atoms with E-state index in [1.54, 1.807) is 0 Å². The summed E-state index contributed by atoms with van der Waals surface area (Å²) < 4.78 is 3.00. The highest BCUT2D eigenvalue weighted by molar-refractivity contribution is 7.11. The van der Waals surface area contributed by atoms with Crippen molar-refractivity contribution in [3.63, 3.8) is 0 Å². The molecule has 0 nitrogen and oxygen atoms in total. The van der Waals surface area contributed by atoms with Crippen LogP contribution in [0, 0.1) is 5.77 Å². The molecule has 0 N–H and O–H groups in total. The molecule has 3 heteroatoms. The van der Waals surface area contributed by atoms with E-state index in [-0.39, 0.29) is 21.2 Å². The third kappa shape index (κ3) is 2.80. The molecule has 2 rings (SSSR count). The van der Waals surface area contributed by atoms with E-state index in [1.165, 1.54) is 15.5 Å². The van der Waals surface area contributed by atoms with Crippen LogP contribution in [-0.4, -0.2) is 0 Å². The van der Waals surface area contributed by atoms with Gasteiger partial charge in [-0.25, -0.2) is 0 Å². The lowest BCUT2D eigenvalue weighted by atomic mass is 10.5. The summed E-state index contributed by atoms with van der Waals surface area (Å²) in [7, 11) is 0. The highest BCUT2D eigenvalue weighted by Crippen LogP contribution is 2.11. The fourth-order valence-corrected chi connectivity index (χ4v) is 7.18. The summed E-state index contributed by atoms with van der Waals surface area (Å²) in [5.41, 5.74) is 0. The van der Waals surface area contributed by atoms with Crippen molar-refractivity contribution in [3.05, 3.63) is 52.9 Å². The molecule has 0 aliphatic carbocycles. The Bertz CT molecular complexity index is 435. The Balaban J connectivity index is 2.13. The van der Waals surface area contributed by atoms with Crippen molar-refractivity contribution < 1.29 is 21.2 Å². The van der Waals surface area contributed by atoms with Gasteiger partial charge in [0.15, 0.2) is 0 Å². The molecule has 0 unspecified atom stereocenters. The van der Waals surface area contributed by atoms with Crippen molar-refractivity contribution in [2.45, 2.75) is 0 Å². The van der Waals surface area contributed by atoms with Crippen LogP contribution in [0.15, 0.2) is 37.4 Å². The second-order valence-electron chi connectivity index (χ2n) is 2.79. The van der Waals surface area contributed by atoms with Gasteiger partial charge in [0, 0.05) is 21.9 Å². The van der Waals surface area contributed by atoms with Gasteiger partial charge < -0.3 is 0 Å². The maximum absolute atomic E-state index is 3.78. The summed E-state index contributed by atoms with van der Waals surface area (Å²) in [5, 5.41) is 0. The van der Waals surface area contributed by atoms with E-state index in [0.717, 1.165) is 0 Å². The molecule has 2 heterocycles. The normalized spacial score (nSPS) is 10.1. The van der Waals surface area contributed by atoms with Crippen LogP contribution < -0.4 is 21.2 Å². The van der Waals surface area contributed by atoms with Crippen molar-refractivity contribution in [2.24, 2.45) is 0 Å². The summed E-state index contributed by atoms with van der Waals surface area (Å²) in [5.74, 6) is 0. The van der Waals surface area contributed by atoms with Crippen molar-refractivity contribution in [3.8, 4) is 0 Å². The van der Waals surface area contributed by atoms with Crippen molar-refractivity contribution in [1.82, 2.24) is 0 Å². The summed E-state index contributed by atoms with van der Waals surface area (Å²) in [4.78, 5) is 2.54. The zero-order chi connectivity index (χ0) is 10.7. The van der Waals surface area contributed by atoms with Gasteiger partial charge in [0.25, 0.3) is 0 Å². The Hall–Kier alpha value is -0.390. The van der Waals surface area contributed by atoms with Crippen molar-refractivity contribution >= 4 is 34.8 Å². The average molecular weight is 345 g/mol. The Morgan fingerprint density at radius 2 is 1.33 bits per heavy atom. The van der Waals surface area contributed by atoms with Crippen LogP contribution in [0.4, 0.5) is 0 Å². The fraction of sp³-hybridized carbons (Fsp3) is 0. The SMILES string of the molecule is C=Cc1ccc([I+]c2ccc(C=C)s2)s1. The monoisotopic (exact) mass is 345 g/mol. The van der Waals surface area contributed by atoms with Crippen LogP contribution in [0.2, 0.25) is 0 Å². The molecule has 0 saturated carbocycles. The van der Waals surface area contributed by atoms with Crippen molar-refractivity contribution in [1.29, 1.82) is 0 Å². The molecule has 0 amide bonds. The molecule has 0 aromatic carbocycles. The van der Waals surface area contributed by atoms with Crippen LogP contribution in [0.25, 0.3) is 12.2 Å². The van der Waals surface area contributed by atoms with Gasteiger partial charge >= 0.3 is 21.2 Å². The Morgan fingerprint density at radius 1 is 0.867 bits per heavy atom. The third-order valence-corrected chi connectivity index (χ3v) is 7.65. The molecule has 76 valence electrons. The van der Waals surface area contributed by atoms with Gasteiger partial charge in [-0.15, -0.1) is 0 Å². The van der Waals surface area contributed by atoms with Crippen molar-refractivity contribution in [2.75, 3.05) is 0 Å². The number of rotatable bonds is 4. The maximum atomic E-state index is 3.78. The summed E-state index contributed by atoms with van der Waals surface area (Å²) in [6, 6.07) is 8.74. The van der Waals surface area contributed by atoms with E-state index in [0.29, 0.717) is 0 Å². The number of halogens is 1. The standard InChI is InChI=1S/C12H10IS2/c1-3-9-5-7-11(14-9)13-12-8-6-10(4-2)15-12/h3-8H,1-2H2/q+1. The molecular formula is C12H10IS2+. The Labute approximate surface area is 108 Å². The van der Waals surface area contributed by atoms with Crippen LogP contribution in [0.3, 0.4) is 0 Å². The molecule has 0 radical (unpaired) electrons. The average Bonchev–Trinajstić information content (AvgIpc) is 2.87. The van der Waals surface area contributed by atoms with Gasteiger partial charge in [-0.3, -0.25) is 0 Å². The molecule has 0 fully saturated rings. The largest absolute Gasteiger partial charge is 0.381 e. The van der Waals surface area contributed by atoms with Gasteiger partial charge in [0.05, 0.1) is 0 Å². The van der Waals surface area contributed by atoms with Gasteiger partial charge in [0.1, 0.15) is 0 Å². The summed E-state index contributed by atoms with van der Waals surface area (Å²) >= 11 is 3.71. The highest BCUT2D eigenvalue weighted by atomic mass is 127. The first-order valence-electron chi connectivity index (χ1n) is 4.41. The van der Waals surface area contributed by atoms with Crippen LogP contribution in [-0.2, 0) is 0 Å². The lowest BCUT2D eigenvalue weighted by Crippen LogP contribution is -3.61. The second kappa shape index (κ2) is 5.09. The molecular weight excluding hydrogens is 335 g/mol. The topological polar surface area (TPSA) is 0 Å². The van der Waals surface area contributed by atoms with E-state index in [2.05, 4.69) is 37.4 Å². The quantitative estimate of drug-likeness (QED) is 0.732. The van der Waals surface area contributed by atoms with Gasteiger partial charge in [-0.05, 0) is 12.1 Å². The smallest absolute Gasteiger partial charge is 0.0977 e. The molecule has 15 heavy (non-hydrogen) atoms. The summed E-state index contributed by atoms with van der Waals surface area (Å²) in [6.07, 6.45) is 3.84. The molecule has 0 bridgehead atoms. The van der Waals surface area contributed by atoms with Crippen LogP contribution in [0.1, 0.15) is 9.75 Å². The lowest BCUT2D eigenvalue weighted by molar-refractivity contribution is -0.585. The van der Waals surface area contributed by atoms with E-state index in [1.807, 2.05) is 34.8 Å². The zero-order valence-corrected chi connectivity index (χ0v) is 11.9. The van der Waals surface area contributed by atoms with E-state index in [9.17, 15) is 0 Å². The maximum Gasteiger partial charge on any atom is 0.381 e. The first kappa shape index (κ1) is 11.1. The zero-order valence-electron chi connectivity index (χ0n) is 8.07. The lowest BCUT2D eigenvalue weighted by Gasteiger charge is -1.75. The minimum absolute atomic E-state index is 0.000385. The molecule has 2 aromatic heterocycles. The van der Waals surface area contributed by atoms with Crippen LogP contribution >= 0.6 is 22.7 Å². The second-order valence-corrected chi connectivity index (χ2v) is 9.34. The first-order chi connectivity index (χ1) is 7.31. The molecule has 0 atom stereocenters. The third-order valence-electron chi connectivity index (χ3n) is 1.78. The van der Waals surface area contributed by atoms with Gasteiger partial charge in [-0.1, -0.05) is 48.0 Å². The predicted octanol–water partition coefficient (Wildman–Crippen LogP) is 1.22. The predicted molar refractivity (Wildman–Crippen MR) is 66.2 cm³/mol. The number of hydrogen-bond donors (Lipinski definition) is 0. The minimum Gasteiger partial charge on any atom is -0.0977 e. The molecule has 2 aromatic rings. The van der Waals surface area contributed by atoms with E-state index < -0.39 is 0 Å². The molecule has 0 saturated heterocycles. The van der Waals surface area contributed by atoms with E-state index in [4.69, 9.17) is 0 Å². The fourth-order valence-electron chi connectivity index (χ4n) is 1.07. The number of hydrogen-bond acceptors (Lipinski definition) is 2. The molecule has 0 spiro atoms. The van der Waals surface area contributed by atoms with Crippen LogP contribution in [0.5, 0.6) is 0 Å². The van der Waals surface area contributed by atoms with Gasteiger partial charge in [0.2, 0.25) is 5.77 Å². The van der Waals surface area contributed by atoms with Gasteiger partial charge in [-0.2, -0.15) is 0 Å². The Kier molecular flexibility index (Phi) is 3.77. The minimum atomic E-state index is -0.000385. The number of thiophene rings is 2. The summed E-state index contributed by atoms with van der Waals surface area (Å²) in [6.45, 7) is 7.56. The first-order valence-corrected chi connectivity index (χ1v) is 8.20. The highest BCUT2D eigenvalue weighted by Gasteiger charge is 2.19. The molecule has 0 aliphatic rings.